The minimum atomic E-state index is -1.79. The number of unbranched alkanes of at least 4 members (excludes halogenated alkanes) is 30. The van der Waals surface area contributed by atoms with Crippen molar-refractivity contribution < 1.29 is 64.6 Å². The van der Waals surface area contributed by atoms with Crippen molar-refractivity contribution in [3.8, 4) is 0 Å². The van der Waals surface area contributed by atoms with Crippen molar-refractivity contribution in [3.05, 3.63) is 36.5 Å². The molecule has 0 bridgehead atoms. The first kappa shape index (κ1) is 67.3. The Morgan fingerprint density at radius 1 is 0.479 bits per heavy atom. The standard InChI is InChI=1S/C59H109NO13/c1-3-5-7-9-11-13-15-17-19-20-21-22-23-24-25-26-27-29-30-32-34-36-38-40-42-48(63)47(60-51(64)43-41-39-37-35-33-31-28-18-16-14-12-10-8-6-4-2)46-70-58-56(69)54(67)57(50(45-62)72-58)73-59-55(68)53(66)52(65)49(44-61)71-59/h26-27,32,34,40,42,47-50,52-59,61-63,65-69H,3-25,28-31,33,35-39,41,43-46H2,1-2H3,(H,60,64)/b27-26+,34-32+,42-40+. The van der Waals surface area contributed by atoms with Crippen LogP contribution in [0.2, 0.25) is 0 Å². The number of hydrogen-bond donors (Lipinski definition) is 9. The predicted molar refractivity (Wildman–Crippen MR) is 291 cm³/mol. The number of ether oxygens (including phenoxy) is 4. The molecule has 0 aromatic carbocycles. The van der Waals surface area contributed by atoms with Gasteiger partial charge in [0.05, 0.1) is 32.0 Å². The van der Waals surface area contributed by atoms with E-state index < -0.39 is 86.8 Å². The van der Waals surface area contributed by atoms with Gasteiger partial charge in [-0.2, -0.15) is 0 Å². The molecule has 2 heterocycles. The number of aliphatic hydroxyl groups excluding tert-OH is 8. The average Bonchev–Trinajstić information content (AvgIpc) is 3.39. The van der Waals surface area contributed by atoms with Gasteiger partial charge in [-0.05, 0) is 44.9 Å². The Hall–Kier alpha value is -1.79. The fraction of sp³-hybridized carbons (Fsp3) is 0.881. The summed E-state index contributed by atoms with van der Waals surface area (Å²) in [6.07, 6.45) is 37.6. The van der Waals surface area contributed by atoms with Crippen LogP contribution in [-0.4, -0.2) is 140 Å². The summed E-state index contributed by atoms with van der Waals surface area (Å²) < 4.78 is 22.7. The first-order valence-electron chi connectivity index (χ1n) is 29.7. The molecule has 2 rings (SSSR count). The lowest BCUT2D eigenvalue weighted by Gasteiger charge is -2.46. The second-order valence-corrected chi connectivity index (χ2v) is 21.1. The lowest BCUT2D eigenvalue weighted by atomic mass is 9.97. The molecule has 0 aliphatic carbocycles. The second-order valence-electron chi connectivity index (χ2n) is 21.1. The molecule has 2 aliphatic heterocycles. The number of amides is 1. The molecule has 2 fully saturated rings. The SMILES string of the molecule is CCCCCCCCCCCCCCCC/C=C/CC/C=C/CC/C=C/C(O)C(COC1OC(CO)C(OC2OC(CO)C(O)C(O)C2O)C(O)C1O)NC(=O)CCCCCCCCCCCCCCCCC. The summed E-state index contributed by atoms with van der Waals surface area (Å²) in [5, 5.41) is 87.0. The molecule has 9 N–H and O–H groups in total. The van der Waals surface area contributed by atoms with Gasteiger partial charge in [0, 0.05) is 6.42 Å². The number of rotatable bonds is 47. The topological polar surface area (TPSA) is 228 Å². The van der Waals surface area contributed by atoms with E-state index in [2.05, 4.69) is 43.5 Å². The maximum Gasteiger partial charge on any atom is 0.220 e. The normalized spacial score (nSPS) is 25.6. The van der Waals surface area contributed by atoms with Crippen molar-refractivity contribution in [1.29, 1.82) is 0 Å². The molecule has 73 heavy (non-hydrogen) atoms. The van der Waals surface area contributed by atoms with Crippen molar-refractivity contribution in [2.24, 2.45) is 0 Å². The molecule has 14 heteroatoms. The molecule has 2 aliphatic rings. The van der Waals surface area contributed by atoms with Gasteiger partial charge in [-0.1, -0.05) is 224 Å². The largest absolute Gasteiger partial charge is 0.394 e. The van der Waals surface area contributed by atoms with E-state index >= 15 is 0 Å². The van der Waals surface area contributed by atoms with Gasteiger partial charge in [0.15, 0.2) is 12.6 Å². The highest BCUT2D eigenvalue weighted by Gasteiger charge is 2.51. The van der Waals surface area contributed by atoms with Crippen LogP contribution in [-0.2, 0) is 23.7 Å². The fourth-order valence-corrected chi connectivity index (χ4v) is 9.74. The summed E-state index contributed by atoms with van der Waals surface area (Å²) >= 11 is 0. The summed E-state index contributed by atoms with van der Waals surface area (Å²) in [5.74, 6) is -0.251. The molecule has 0 aromatic rings. The van der Waals surface area contributed by atoms with Crippen LogP contribution in [0, 0.1) is 0 Å². The van der Waals surface area contributed by atoms with Gasteiger partial charge in [-0.15, -0.1) is 0 Å². The van der Waals surface area contributed by atoms with Crippen LogP contribution in [0.5, 0.6) is 0 Å². The Balaban J connectivity index is 1.79. The van der Waals surface area contributed by atoms with Crippen LogP contribution >= 0.6 is 0 Å². The molecule has 0 aromatic heterocycles. The molecule has 12 unspecified atom stereocenters. The smallest absolute Gasteiger partial charge is 0.220 e. The van der Waals surface area contributed by atoms with Gasteiger partial charge in [0.1, 0.15) is 48.8 Å². The van der Waals surface area contributed by atoms with Crippen molar-refractivity contribution in [1.82, 2.24) is 5.32 Å². The lowest BCUT2D eigenvalue weighted by Crippen LogP contribution is -2.65. The van der Waals surface area contributed by atoms with Crippen LogP contribution in [0.1, 0.15) is 239 Å². The predicted octanol–water partition coefficient (Wildman–Crippen LogP) is 9.83. The molecule has 2 saturated heterocycles. The Kier molecular flexibility index (Phi) is 41.7. The van der Waals surface area contributed by atoms with Crippen molar-refractivity contribution >= 4 is 5.91 Å². The fourth-order valence-electron chi connectivity index (χ4n) is 9.74. The molecule has 0 saturated carbocycles. The zero-order chi connectivity index (χ0) is 53.2. The molecule has 428 valence electrons. The summed E-state index contributed by atoms with van der Waals surface area (Å²) in [6, 6.07) is -0.935. The second kappa shape index (κ2) is 45.3. The highest BCUT2D eigenvalue weighted by molar-refractivity contribution is 5.76. The van der Waals surface area contributed by atoms with Crippen LogP contribution in [0.15, 0.2) is 36.5 Å². The summed E-state index contributed by atoms with van der Waals surface area (Å²) in [6.45, 7) is 2.79. The third-order valence-corrected chi connectivity index (χ3v) is 14.6. The zero-order valence-corrected chi connectivity index (χ0v) is 45.9. The first-order valence-corrected chi connectivity index (χ1v) is 29.7. The number of carbonyl (C=O) groups is 1. The molecule has 0 spiro atoms. The quantitative estimate of drug-likeness (QED) is 0.0205. The van der Waals surface area contributed by atoms with Crippen molar-refractivity contribution in [2.45, 2.75) is 312 Å². The van der Waals surface area contributed by atoms with E-state index in [0.29, 0.717) is 12.8 Å². The molecular formula is C59H109NO13. The molecule has 1 amide bonds. The van der Waals surface area contributed by atoms with Gasteiger partial charge in [0.2, 0.25) is 5.91 Å². The highest BCUT2D eigenvalue weighted by atomic mass is 16.7. The molecular weight excluding hydrogens is 931 g/mol. The van der Waals surface area contributed by atoms with E-state index in [1.165, 1.54) is 161 Å². The number of allylic oxidation sites excluding steroid dienone is 5. The molecule has 0 radical (unpaired) electrons. The Morgan fingerprint density at radius 2 is 0.877 bits per heavy atom. The Morgan fingerprint density at radius 3 is 1.34 bits per heavy atom. The summed E-state index contributed by atoms with van der Waals surface area (Å²) in [4.78, 5) is 13.2. The zero-order valence-electron chi connectivity index (χ0n) is 45.9. The van der Waals surface area contributed by atoms with Crippen LogP contribution in [0.4, 0.5) is 0 Å². The highest BCUT2D eigenvalue weighted by Crippen LogP contribution is 2.30. The van der Waals surface area contributed by atoms with Gasteiger partial charge < -0.3 is 65.1 Å². The Labute approximate surface area is 442 Å². The van der Waals surface area contributed by atoms with Crippen LogP contribution in [0.3, 0.4) is 0 Å². The van der Waals surface area contributed by atoms with E-state index in [4.69, 9.17) is 18.9 Å². The monoisotopic (exact) mass is 1040 g/mol. The van der Waals surface area contributed by atoms with E-state index in [0.717, 1.165) is 44.9 Å². The van der Waals surface area contributed by atoms with Crippen molar-refractivity contribution in [3.63, 3.8) is 0 Å². The maximum absolute atomic E-state index is 13.2. The van der Waals surface area contributed by atoms with Crippen LogP contribution < -0.4 is 5.32 Å². The number of carbonyl (C=O) groups excluding carboxylic acids is 1. The van der Waals surface area contributed by atoms with Gasteiger partial charge in [-0.3, -0.25) is 4.79 Å². The average molecular weight is 1040 g/mol. The molecule has 14 nitrogen and oxygen atoms in total. The number of aliphatic hydroxyl groups is 8. The van der Waals surface area contributed by atoms with Crippen molar-refractivity contribution in [2.75, 3.05) is 19.8 Å². The maximum atomic E-state index is 13.2. The minimum absolute atomic E-state index is 0.251. The van der Waals surface area contributed by atoms with E-state index in [9.17, 15) is 45.6 Å². The van der Waals surface area contributed by atoms with Gasteiger partial charge in [0.25, 0.3) is 0 Å². The molecule has 12 atom stereocenters. The van der Waals surface area contributed by atoms with E-state index in [-0.39, 0.29) is 18.9 Å². The van der Waals surface area contributed by atoms with Crippen LogP contribution in [0.25, 0.3) is 0 Å². The lowest BCUT2D eigenvalue weighted by molar-refractivity contribution is -0.359. The number of hydrogen-bond acceptors (Lipinski definition) is 13. The summed E-state index contributed by atoms with van der Waals surface area (Å²) in [7, 11) is 0. The summed E-state index contributed by atoms with van der Waals surface area (Å²) in [5.41, 5.74) is 0. The van der Waals surface area contributed by atoms with Gasteiger partial charge in [-0.25, -0.2) is 0 Å². The first-order chi connectivity index (χ1) is 35.6. The Bertz CT molecular complexity index is 1370. The third-order valence-electron chi connectivity index (χ3n) is 14.6. The number of nitrogens with one attached hydrogen (secondary N) is 1. The van der Waals surface area contributed by atoms with Gasteiger partial charge >= 0.3 is 0 Å². The third kappa shape index (κ3) is 31.3. The minimum Gasteiger partial charge on any atom is -0.394 e. The van der Waals surface area contributed by atoms with E-state index in [1.807, 2.05) is 6.08 Å². The van der Waals surface area contributed by atoms with E-state index in [1.54, 1.807) is 6.08 Å².